The number of likely N-dealkylation sites (tertiary alicyclic amines) is 1. The van der Waals surface area contributed by atoms with Crippen LogP contribution in [0.25, 0.3) is 0 Å². The first-order valence-electron chi connectivity index (χ1n) is 22.3. The number of aliphatic carboxylic acids is 1. The standard InChI is InChI=1S/C40H74N16O11/c1-22(51-37(64)31(29(57)20-44)55-34(61)24(45)10-3-5-15-41)32(59)49-21-30(58)52-26(12-7-17-43)38(65)56-19-9-14-28(56)36(63)50-23(2)33(60)53-25(11-4-6-16-42)35(62)54-27(39(66)67)13-8-18-48-40(46)47/h13,22-26,28-29,31,57H,3-12,14-21,41-45H2,1-2H3,(H,49,59)(H,50,63)(H,51,64)(H,52,58)(H,53,60)(H,54,62)(H,55,61)(H,66,67)(H4,46,47,48)/b27-13-/t22-,23-,24-,25-,26+,28-,29-,31-/m0/s1. The summed E-state index contributed by atoms with van der Waals surface area (Å²) in [6.07, 6.45) is 3.19. The van der Waals surface area contributed by atoms with E-state index < -0.39 is 120 Å². The van der Waals surface area contributed by atoms with Gasteiger partial charge in [-0.25, -0.2) is 4.79 Å². The van der Waals surface area contributed by atoms with Crippen LogP contribution in [0.2, 0.25) is 0 Å². The van der Waals surface area contributed by atoms with E-state index in [0.29, 0.717) is 51.6 Å². The monoisotopic (exact) mass is 955 g/mol. The number of carbonyl (C=O) groups is 9. The summed E-state index contributed by atoms with van der Waals surface area (Å²) in [4.78, 5) is 123. The van der Waals surface area contributed by atoms with E-state index in [4.69, 9.17) is 40.1 Å². The van der Waals surface area contributed by atoms with Crippen molar-refractivity contribution >= 4 is 59.2 Å². The molecule has 0 aromatic carbocycles. The lowest BCUT2D eigenvalue weighted by Gasteiger charge is -2.29. The molecule has 0 aliphatic carbocycles. The average Bonchev–Trinajstić information content (AvgIpc) is 3.79. The first-order chi connectivity index (χ1) is 31.7. The fraction of sp³-hybridized carbons (Fsp3) is 0.700. The van der Waals surface area contributed by atoms with Crippen LogP contribution >= 0.6 is 0 Å². The van der Waals surface area contributed by atoms with Crippen LogP contribution in [0.5, 0.6) is 0 Å². The zero-order valence-electron chi connectivity index (χ0n) is 38.4. The van der Waals surface area contributed by atoms with Crippen molar-refractivity contribution in [1.82, 2.24) is 42.1 Å². The van der Waals surface area contributed by atoms with E-state index in [1.807, 2.05) is 0 Å². The molecule has 0 bridgehead atoms. The Hall–Kier alpha value is -6.00. The van der Waals surface area contributed by atoms with Gasteiger partial charge >= 0.3 is 5.97 Å². The third kappa shape index (κ3) is 21.9. The molecule has 27 nitrogen and oxygen atoms in total. The van der Waals surface area contributed by atoms with Crippen LogP contribution in [0.15, 0.2) is 16.8 Å². The lowest BCUT2D eigenvalue weighted by atomic mass is 10.1. The minimum absolute atomic E-state index is 0.0586. The van der Waals surface area contributed by atoms with Crippen molar-refractivity contribution in [3.05, 3.63) is 11.8 Å². The minimum Gasteiger partial charge on any atom is -0.477 e. The van der Waals surface area contributed by atoms with Crippen molar-refractivity contribution < 1.29 is 53.4 Å². The van der Waals surface area contributed by atoms with Gasteiger partial charge in [0, 0.05) is 19.6 Å². The maximum absolute atomic E-state index is 13.9. The highest BCUT2D eigenvalue weighted by atomic mass is 16.4. The predicted molar refractivity (Wildman–Crippen MR) is 245 cm³/mol. The molecule has 0 spiro atoms. The smallest absolute Gasteiger partial charge is 0.352 e. The zero-order chi connectivity index (χ0) is 50.6. The lowest BCUT2D eigenvalue weighted by Crippen LogP contribution is -2.60. The number of carboxylic acid groups (broad SMARTS) is 1. The van der Waals surface area contributed by atoms with Crippen LogP contribution in [0.4, 0.5) is 0 Å². The Bertz CT molecular complexity index is 1730. The molecule has 23 N–H and O–H groups in total. The number of nitrogens with zero attached hydrogens (tertiary/aromatic N) is 2. The normalized spacial score (nSPS) is 16.7. The number of aliphatic imine (C=N–C) groups is 1. The second-order valence-electron chi connectivity index (χ2n) is 16.0. The van der Waals surface area contributed by atoms with E-state index in [0.717, 1.165) is 0 Å². The molecule has 1 fully saturated rings. The van der Waals surface area contributed by atoms with Crippen molar-refractivity contribution in [1.29, 1.82) is 0 Å². The highest BCUT2D eigenvalue weighted by Gasteiger charge is 2.39. The molecule has 0 aromatic heterocycles. The molecule has 0 aromatic rings. The third-order valence-corrected chi connectivity index (χ3v) is 10.4. The fourth-order valence-corrected chi connectivity index (χ4v) is 6.64. The number of nitrogens with two attached hydrogens (primary N) is 7. The summed E-state index contributed by atoms with van der Waals surface area (Å²) < 4.78 is 0. The predicted octanol–water partition coefficient (Wildman–Crippen LogP) is -7.05. The number of carboxylic acids is 1. The number of aliphatic hydroxyl groups excluding tert-OH is 1. The van der Waals surface area contributed by atoms with Crippen molar-refractivity contribution in [2.24, 2.45) is 45.1 Å². The molecule has 8 atom stereocenters. The van der Waals surface area contributed by atoms with Crippen molar-refractivity contribution in [3.63, 3.8) is 0 Å². The fourth-order valence-electron chi connectivity index (χ4n) is 6.64. The van der Waals surface area contributed by atoms with E-state index >= 15 is 0 Å². The first-order valence-corrected chi connectivity index (χ1v) is 22.3. The molecule has 0 radical (unpaired) electrons. The Morgan fingerprint density at radius 2 is 1.34 bits per heavy atom. The second kappa shape index (κ2) is 31.8. The number of unbranched alkanes of at least 4 members (excludes halogenated alkanes) is 2. The van der Waals surface area contributed by atoms with Crippen LogP contribution < -0.4 is 77.4 Å². The molecule has 1 aliphatic rings. The van der Waals surface area contributed by atoms with Gasteiger partial charge in [0.1, 0.15) is 41.9 Å². The zero-order valence-corrected chi connectivity index (χ0v) is 38.4. The summed E-state index contributed by atoms with van der Waals surface area (Å²) in [6, 6.07) is -8.48. The summed E-state index contributed by atoms with van der Waals surface area (Å²) in [6.45, 7) is 2.66. The summed E-state index contributed by atoms with van der Waals surface area (Å²) in [5, 5.41) is 37.0. The summed E-state index contributed by atoms with van der Waals surface area (Å²) >= 11 is 0. The minimum atomic E-state index is -1.55. The molecular formula is C40H74N16O11. The van der Waals surface area contributed by atoms with Gasteiger partial charge in [-0.15, -0.1) is 0 Å². The molecule has 8 amide bonds. The largest absolute Gasteiger partial charge is 0.477 e. The van der Waals surface area contributed by atoms with Crippen LogP contribution in [-0.4, -0.2) is 169 Å². The number of aliphatic hydroxyl groups is 1. The number of rotatable bonds is 32. The van der Waals surface area contributed by atoms with Gasteiger partial charge in [0.25, 0.3) is 0 Å². The van der Waals surface area contributed by atoms with E-state index in [9.17, 15) is 53.4 Å². The number of hydrogen-bond acceptors (Lipinski definition) is 16. The molecule has 67 heavy (non-hydrogen) atoms. The van der Waals surface area contributed by atoms with Gasteiger partial charge in [-0.05, 0) is 97.7 Å². The maximum atomic E-state index is 13.9. The van der Waals surface area contributed by atoms with Gasteiger partial charge in [0.15, 0.2) is 5.96 Å². The van der Waals surface area contributed by atoms with Crippen LogP contribution in [0.1, 0.15) is 84.5 Å². The SMILES string of the molecule is C[C@H](NC(=O)[C@@H](NC(=O)[C@@H](N)CCCCN)[C@@H](O)CN)C(=O)NCC(=O)N[C@H](CCCN)C(=O)N1CCC[C@H]1C(=O)N[C@@H](C)C(=O)N[C@@H](CCCCN)C(=O)N/C(=C\CCN=C(N)N)C(=O)O. The van der Waals surface area contributed by atoms with Crippen LogP contribution in [0.3, 0.4) is 0 Å². The number of hydrogen-bond donors (Lipinski definition) is 16. The highest BCUT2D eigenvalue weighted by Crippen LogP contribution is 2.20. The maximum Gasteiger partial charge on any atom is 0.352 e. The summed E-state index contributed by atoms with van der Waals surface area (Å²) in [5.41, 5.74) is 38.3. The quantitative estimate of drug-likeness (QED) is 0.0129. The van der Waals surface area contributed by atoms with E-state index in [2.05, 4.69) is 42.2 Å². The van der Waals surface area contributed by atoms with Gasteiger partial charge in [-0.1, -0.05) is 12.5 Å². The molecule has 1 aliphatic heterocycles. The second-order valence-corrected chi connectivity index (χ2v) is 16.0. The molecule has 27 heteroatoms. The third-order valence-electron chi connectivity index (χ3n) is 10.4. The Morgan fingerprint density at radius 1 is 0.731 bits per heavy atom. The Morgan fingerprint density at radius 3 is 1.94 bits per heavy atom. The van der Waals surface area contributed by atoms with Gasteiger partial charge in [-0.2, -0.15) is 0 Å². The van der Waals surface area contributed by atoms with Crippen molar-refractivity contribution in [2.45, 2.75) is 133 Å². The number of amides is 8. The molecule has 1 saturated heterocycles. The Labute approximate surface area is 389 Å². The molecule has 1 heterocycles. The Kier molecular flexibility index (Phi) is 28.0. The van der Waals surface area contributed by atoms with E-state index in [1.54, 1.807) is 0 Å². The molecule has 1 rings (SSSR count). The van der Waals surface area contributed by atoms with E-state index in [-0.39, 0.29) is 57.7 Å². The van der Waals surface area contributed by atoms with Gasteiger partial charge < -0.3 is 92.5 Å². The molecule has 0 saturated carbocycles. The average molecular weight is 955 g/mol. The lowest BCUT2D eigenvalue weighted by molar-refractivity contribution is -0.142. The first kappa shape index (κ1) is 59.0. The number of nitrogens with one attached hydrogen (secondary N) is 7. The van der Waals surface area contributed by atoms with Gasteiger partial charge in [-0.3, -0.25) is 43.3 Å². The van der Waals surface area contributed by atoms with Crippen LogP contribution in [0, 0.1) is 0 Å². The topological polar surface area (TPSA) is 476 Å². The summed E-state index contributed by atoms with van der Waals surface area (Å²) in [7, 11) is 0. The van der Waals surface area contributed by atoms with Crippen molar-refractivity contribution in [3.8, 4) is 0 Å². The number of carbonyl (C=O) groups excluding carboxylic acids is 8. The van der Waals surface area contributed by atoms with Gasteiger partial charge in [0.05, 0.1) is 18.7 Å². The van der Waals surface area contributed by atoms with Crippen LogP contribution in [-0.2, 0) is 43.2 Å². The molecular weight excluding hydrogens is 881 g/mol. The molecule has 0 unspecified atom stereocenters. The molecule has 380 valence electrons. The highest BCUT2D eigenvalue weighted by molar-refractivity contribution is 5.98. The van der Waals surface area contributed by atoms with Crippen molar-refractivity contribution in [2.75, 3.05) is 45.8 Å². The summed E-state index contributed by atoms with van der Waals surface area (Å²) in [5.74, 6) is -7.83. The van der Waals surface area contributed by atoms with E-state index in [1.165, 1.54) is 24.8 Å². The number of guanidine groups is 1. The Balaban J connectivity index is 2.97. The van der Waals surface area contributed by atoms with Gasteiger partial charge in [0.2, 0.25) is 47.3 Å².